The molecule has 0 bridgehead atoms. The zero-order valence-corrected chi connectivity index (χ0v) is 10.4. The maximum Gasteiger partial charge on any atom is 0.303 e. The summed E-state index contributed by atoms with van der Waals surface area (Å²) >= 11 is 1.68. The number of carboxylic acid groups (broad SMARTS) is 1. The van der Waals surface area contributed by atoms with Crippen LogP contribution in [0.1, 0.15) is 25.3 Å². The molecule has 0 spiro atoms. The van der Waals surface area contributed by atoms with E-state index in [0.29, 0.717) is 6.42 Å². The zero-order valence-electron chi connectivity index (χ0n) is 9.56. The van der Waals surface area contributed by atoms with Gasteiger partial charge >= 0.3 is 5.97 Å². The second kappa shape index (κ2) is 5.80. The van der Waals surface area contributed by atoms with Crippen molar-refractivity contribution in [3.8, 4) is 0 Å². The van der Waals surface area contributed by atoms with Gasteiger partial charge in [0, 0.05) is 22.3 Å². The van der Waals surface area contributed by atoms with Gasteiger partial charge in [-0.15, -0.1) is 11.8 Å². The Balaban J connectivity index is 2.58. The van der Waals surface area contributed by atoms with Crippen molar-refractivity contribution in [2.45, 2.75) is 36.8 Å². The van der Waals surface area contributed by atoms with E-state index >= 15 is 0 Å². The predicted octanol–water partition coefficient (Wildman–Crippen LogP) is 2.92. The van der Waals surface area contributed by atoms with E-state index in [1.165, 1.54) is 5.56 Å². The monoisotopic (exact) mass is 239 g/mol. The van der Waals surface area contributed by atoms with Crippen molar-refractivity contribution in [3.05, 3.63) is 23.8 Å². The molecular weight excluding hydrogens is 222 g/mol. The summed E-state index contributed by atoms with van der Waals surface area (Å²) in [5.74, 6) is -0.739. The molecule has 1 rings (SSSR count). The van der Waals surface area contributed by atoms with E-state index in [-0.39, 0.29) is 11.7 Å². The van der Waals surface area contributed by atoms with Crippen LogP contribution in [0.5, 0.6) is 0 Å². The van der Waals surface area contributed by atoms with E-state index in [4.69, 9.17) is 10.8 Å². The molecule has 3 N–H and O–H groups in total. The summed E-state index contributed by atoms with van der Waals surface area (Å²) in [5.41, 5.74) is 7.65. The quantitative estimate of drug-likeness (QED) is 0.612. The number of hydrogen-bond acceptors (Lipinski definition) is 3. The Bertz CT molecular complexity index is 379. The summed E-state index contributed by atoms with van der Waals surface area (Å²) in [7, 11) is 0. The van der Waals surface area contributed by atoms with Crippen LogP contribution in [0.4, 0.5) is 5.69 Å². The third-order valence-electron chi connectivity index (χ3n) is 2.31. The highest BCUT2D eigenvalue weighted by Crippen LogP contribution is 2.30. The van der Waals surface area contributed by atoms with Crippen LogP contribution in [0, 0.1) is 6.92 Å². The predicted molar refractivity (Wildman–Crippen MR) is 67.8 cm³/mol. The largest absolute Gasteiger partial charge is 0.481 e. The van der Waals surface area contributed by atoms with Gasteiger partial charge in [-0.25, -0.2) is 0 Å². The summed E-state index contributed by atoms with van der Waals surface area (Å²) in [6.45, 7) is 4.07. The molecule has 4 heteroatoms. The molecule has 0 amide bonds. The van der Waals surface area contributed by atoms with Crippen LogP contribution in [0.25, 0.3) is 0 Å². The summed E-state index contributed by atoms with van der Waals surface area (Å²) in [4.78, 5) is 11.6. The number of anilines is 1. The van der Waals surface area contributed by atoms with Crippen LogP contribution in [0.3, 0.4) is 0 Å². The smallest absolute Gasteiger partial charge is 0.303 e. The van der Waals surface area contributed by atoms with Crippen molar-refractivity contribution in [1.82, 2.24) is 0 Å². The fourth-order valence-electron chi connectivity index (χ4n) is 1.35. The molecule has 0 saturated heterocycles. The Labute approximate surface area is 100 Å². The van der Waals surface area contributed by atoms with Crippen LogP contribution in [0.2, 0.25) is 0 Å². The lowest BCUT2D eigenvalue weighted by molar-refractivity contribution is -0.137. The van der Waals surface area contributed by atoms with Gasteiger partial charge in [0.25, 0.3) is 0 Å². The number of carboxylic acids is 1. The highest BCUT2D eigenvalue weighted by Gasteiger charge is 2.09. The average molecular weight is 239 g/mol. The number of nitrogen functional groups attached to an aromatic ring is 1. The fourth-order valence-corrected chi connectivity index (χ4v) is 2.47. The minimum absolute atomic E-state index is 0.218. The van der Waals surface area contributed by atoms with Crippen LogP contribution >= 0.6 is 11.8 Å². The topological polar surface area (TPSA) is 63.3 Å². The third-order valence-corrected chi connectivity index (χ3v) is 3.64. The molecule has 88 valence electrons. The molecule has 0 saturated carbocycles. The van der Waals surface area contributed by atoms with E-state index in [1.54, 1.807) is 11.8 Å². The lowest BCUT2D eigenvalue weighted by Gasteiger charge is -2.12. The molecule has 3 nitrogen and oxygen atoms in total. The van der Waals surface area contributed by atoms with Crippen molar-refractivity contribution >= 4 is 23.4 Å². The minimum Gasteiger partial charge on any atom is -0.481 e. The highest BCUT2D eigenvalue weighted by molar-refractivity contribution is 8.00. The molecule has 0 aliphatic rings. The van der Waals surface area contributed by atoms with Gasteiger partial charge in [-0.05, 0) is 31.0 Å². The molecule has 1 atom stereocenters. The molecule has 1 unspecified atom stereocenters. The van der Waals surface area contributed by atoms with Crippen molar-refractivity contribution < 1.29 is 9.90 Å². The Kier molecular flexibility index (Phi) is 4.68. The fraction of sp³-hybridized carbons (Fsp3) is 0.417. The highest BCUT2D eigenvalue weighted by atomic mass is 32.2. The number of carbonyl (C=O) groups is 1. The van der Waals surface area contributed by atoms with Crippen LogP contribution < -0.4 is 5.73 Å². The van der Waals surface area contributed by atoms with Gasteiger partial charge < -0.3 is 10.8 Å². The number of hydrogen-bond donors (Lipinski definition) is 2. The van der Waals surface area contributed by atoms with Crippen LogP contribution in [0.15, 0.2) is 23.1 Å². The molecule has 0 aliphatic heterocycles. The first-order valence-electron chi connectivity index (χ1n) is 5.23. The molecule has 0 heterocycles. The third kappa shape index (κ3) is 4.14. The molecule has 0 radical (unpaired) electrons. The van der Waals surface area contributed by atoms with Gasteiger partial charge in [0.15, 0.2) is 0 Å². The first-order valence-corrected chi connectivity index (χ1v) is 6.11. The first kappa shape index (κ1) is 12.9. The first-order chi connectivity index (χ1) is 7.49. The normalized spacial score (nSPS) is 12.4. The van der Waals surface area contributed by atoms with E-state index < -0.39 is 5.97 Å². The number of nitrogens with two attached hydrogens (primary N) is 1. The minimum atomic E-state index is -0.739. The SMILES string of the molecule is Cc1ccc(N)cc1SC(C)CCC(=O)O. The van der Waals surface area contributed by atoms with Gasteiger partial charge in [0.05, 0.1) is 0 Å². The summed E-state index contributed by atoms with van der Waals surface area (Å²) in [6, 6.07) is 5.81. The molecule has 0 aromatic heterocycles. The molecule has 0 fully saturated rings. The molecule has 1 aromatic rings. The summed E-state index contributed by atoms with van der Waals surface area (Å²) in [6.07, 6.45) is 0.893. The second-order valence-corrected chi connectivity index (χ2v) is 5.37. The number of aryl methyl sites for hydroxylation is 1. The zero-order chi connectivity index (χ0) is 12.1. The lowest BCUT2D eigenvalue weighted by atomic mass is 10.2. The van der Waals surface area contributed by atoms with Crippen molar-refractivity contribution in [2.75, 3.05) is 5.73 Å². The summed E-state index contributed by atoms with van der Waals surface area (Å²) < 4.78 is 0. The standard InChI is InChI=1S/C12H17NO2S/c1-8-3-5-10(13)7-11(8)16-9(2)4-6-12(14)15/h3,5,7,9H,4,6,13H2,1-2H3,(H,14,15). The number of benzene rings is 1. The van der Waals surface area contributed by atoms with E-state index in [9.17, 15) is 4.79 Å². The van der Waals surface area contributed by atoms with Gasteiger partial charge in [0.2, 0.25) is 0 Å². The Morgan fingerprint density at radius 3 is 2.88 bits per heavy atom. The summed E-state index contributed by atoms with van der Waals surface area (Å²) in [5, 5.41) is 8.89. The van der Waals surface area contributed by atoms with Crippen LogP contribution in [-0.4, -0.2) is 16.3 Å². The number of aliphatic carboxylic acids is 1. The van der Waals surface area contributed by atoms with Gasteiger partial charge in [-0.3, -0.25) is 4.79 Å². The molecule has 16 heavy (non-hydrogen) atoms. The van der Waals surface area contributed by atoms with E-state index in [2.05, 4.69) is 0 Å². The van der Waals surface area contributed by atoms with Crippen molar-refractivity contribution in [1.29, 1.82) is 0 Å². The maximum absolute atomic E-state index is 10.4. The Morgan fingerprint density at radius 1 is 1.56 bits per heavy atom. The number of thioether (sulfide) groups is 1. The number of rotatable bonds is 5. The van der Waals surface area contributed by atoms with Gasteiger partial charge in [0.1, 0.15) is 0 Å². The maximum atomic E-state index is 10.4. The lowest BCUT2D eigenvalue weighted by Crippen LogP contribution is -2.02. The average Bonchev–Trinajstić information content (AvgIpc) is 2.20. The van der Waals surface area contributed by atoms with E-state index in [1.807, 2.05) is 32.0 Å². The second-order valence-electron chi connectivity index (χ2n) is 3.89. The molecule has 0 aliphatic carbocycles. The molecular formula is C12H17NO2S. The van der Waals surface area contributed by atoms with Crippen molar-refractivity contribution in [2.24, 2.45) is 0 Å². The Hall–Kier alpha value is -1.16. The molecule has 1 aromatic carbocycles. The van der Waals surface area contributed by atoms with Crippen molar-refractivity contribution in [3.63, 3.8) is 0 Å². The van der Waals surface area contributed by atoms with Crippen LogP contribution in [-0.2, 0) is 4.79 Å². The van der Waals surface area contributed by atoms with E-state index in [0.717, 1.165) is 10.6 Å². The van der Waals surface area contributed by atoms with Gasteiger partial charge in [-0.1, -0.05) is 13.0 Å². The van der Waals surface area contributed by atoms with Gasteiger partial charge in [-0.2, -0.15) is 0 Å². The Morgan fingerprint density at radius 2 is 2.25 bits per heavy atom.